The SMILES string of the molecule is CCn1cc(/C(C)=N\NC(N)=S)c(=O)c2cc3c(cc21)OCO3. The molecule has 23 heavy (non-hydrogen) atoms. The molecule has 8 heteroatoms. The second kappa shape index (κ2) is 5.88. The number of aromatic nitrogens is 1. The van der Waals surface area contributed by atoms with Crippen molar-refractivity contribution in [2.75, 3.05) is 6.79 Å². The van der Waals surface area contributed by atoms with Gasteiger partial charge in [0.1, 0.15) is 0 Å². The fourth-order valence-electron chi connectivity index (χ4n) is 2.50. The molecule has 0 saturated heterocycles. The van der Waals surface area contributed by atoms with Crippen molar-refractivity contribution in [3.8, 4) is 11.5 Å². The van der Waals surface area contributed by atoms with E-state index in [1.54, 1.807) is 19.2 Å². The molecule has 0 bridgehead atoms. The second-order valence-electron chi connectivity index (χ2n) is 5.05. The lowest BCUT2D eigenvalue weighted by atomic mass is 10.1. The molecule has 7 nitrogen and oxygen atoms in total. The van der Waals surface area contributed by atoms with Crippen LogP contribution in [0.15, 0.2) is 28.2 Å². The Bertz CT molecular complexity index is 888. The van der Waals surface area contributed by atoms with Gasteiger partial charge in [-0.3, -0.25) is 10.2 Å². The van der Waals surface area contributed by atoms with Gasteiger partial charge in [-0.05, 0) is 32.1 Å². The van der Waals surface area contributed by atoms with Crippen LogP contribution in [0.25, 0.3) is 10.9 Å². The Labute approximate surface area is 137 Å². The van der Waals surface area contributed by atoms with Crippen LogP contribution in [0.2, 0.25) is 0 Å². The molecule has 3 N–H and O–H groups in total. The predicted octanol–water partition coefficient (Wildman–Crippen LogP) is 1.31. The Kier molecular flexibility index (Phi) is 3.91. The van der Waals surface area contributed by atoms with E-state index in [0.717, 1.165) is 5.52 Å². The zero-order valence-electron chi connectivity index (χ0n) is 12.8. The molecule has 0 fully saturated rings. The van der Waals surface area contributed by atoms with Gasteiger partial charge >= 0.3 is 0 Å². The summed E-state index contributed by atoms with van der Waals surface area (Å²) in [6.07, 6.45) is 1.77. The summed E-state index contributed by atoms with van der Waals surface area (Å²) in [5.74, 6) is 1.22. The molecule has 0 radical (unpaired) electrons. The van der Waals surface area contributed by atoms with Crippen molar-refractivity contribution in [2.45, 2.75) is 20.4 Å². The van der Waals surface area contributed by atoms with Crippen LogP contribution in [0.1, 0.15) is 19.4 Å². The average molecular weight is 332 g/mol. The highest BCUT2D eigenvalue weighted by Gasteiger charge is 2.18. The van der Waals surface area contributed by atoms with Gasteiger partial charge in [-0.15, -0.1) is 0 Å². The summed E-state index contributed by atoms with van der Waals surface area (Å²) in [7, 11) is 0. The van der Waals surface area contributed by atoms with Crippen molar-refractivity contribution in [1.82, 2.24) is 9.99 Å². The third-order valence-electron chi connectivity index (χ3n) is 3.64. The highest BCUT2D eigenvalue weighted by molar-refractivity contribution is 7.80. The van der Waals surface area contributed by atoms with E-state index in [2.05, 4.69) is 10.5 Å². The lowest BCUT2D eigenvalue weighted by molar-refractivity contribution is 0.174. The van der Waals surface area contributed by atoms with E-state index in [-0.39, 0.29) is 17.3 Å². The number of hydrogen-bond donors (Lipinski definition) is 2. The lowest BCUT2D eigenvalue weighted by Gasteiger charge is -2.12. The number of nitrogens with one attached hydrogen (secondary N) is 1. The van der Waals surface area contributed by atoms with E-state index in [0.29, 0.717) is 34.7 Å². The molecule has 1 aliphatic rings. The van der Waals surface area contributed by atoms with Crippen LogP contribution in [0.5, 0.6) is 11.5 Å². The van der Waals surface area contributed by atoms with Crippen LogP contribution in [-0.4, -0.2) is 22.2 Å². The maximum Gasteiger partial charge on any atom is 0.231 e. The molecule has 1 aromatic heterocycles. The van der Waals surface area contributed by atoms with Gasteiger partial charge < -0.3 is 19.8 Å². The van der Waals surface area contributed by atoms with Gasteiger partial charge in [-0.2, -0.15) is 5.10 Å². The van der Waals surface area contributed by atoms with Crippen LogP contribution in [0.3, 0.4) is 0 Å². The molecule has 1 aliphatic heterocycles. The maximum absolute atomic E-state index is 12.8. The number of hydrazone groups is 1. The Morgan fingerprint density at radius 3 is 2.78 bits per heavy atom. The van der Waals surface area contributed by atoms with Crippen molar-refractivity contribution < 1.29 is 9.47 Å². The number of hydrogen-bond acceptors (Lipinski definition) is 5. The monoisotopic (exact) mass is 332 g/mol. The summed E-state index contributed by atoms with van der Waals surface area (Å²) in [5.41, 5.74) is 9.51. The predicted molar refractivity (Wildman–Crippen MR) is 92.1 cm³/mol. The number of fused-ring (bicyclic) bond motifs is 2. The minimum atomic E-state index is -0.131. The molecular weight excluding hydrogens is 316 g/mol. The fourth-order valence-corrected chi connectivity index (χ4v) is 2.54. The third-order valence-corrected chi connectivity index (χ3v) is 3.73. The van der Waals surface area contributed by atoms with Crippen molar-refractivity contribution in [3.63, 3.8) is 0 Å². The Morgan fingerprint density at radius 1 is 1.43 bits per heavy atom. The van der Waals surface area contributed by atoms with Crippen LogP contribution in [0.4, 0.5) is 0 Å². The third kappa shape index (κ3) is 2.72. The largest absolute Gasteiger partial charge is 0.454 e. The van der Waals surface area contributed by atoms with E-state index >= 15 is 0 Å². The van der Waals surface area contributed by atoms with Gasteiger partial charge in [-0.1, -0.05) is 0 Å². The minimum absolute atomic E-state index is 0.0457. The highest BCUT2D eigenvalue weighted by Crippen LogP contribution is 2.35. The van der Waals surface area contributed by atoms with Crippen molar-refractivity contribution in [1.29, 1.82) is 0 Å². The second-order valence-corrected chi connectivity index (χ2v) is 5.49. The fraction of sp³-hybridized carbons (Fsp3) is 0.267. The summed E-state index contributed by atoms with van der Waals surface area (Å²) in [6.45, 7) is 4.58. The zero-order chi connectivity index (χ0) is 16.6. The first-order chi connectivity index (χ1) is 11.0. The number of thiocarbonyl (C=S) groups is 1. The molecule has 2 heterocycles. The van der Waals surface area contributed by atoms with Gasteiger partial charge in [0, 0.05) is 18.8 Å². The number of nitrogens with zero attached hydrogens (tertiary/aromatic N) is 2. The van der Waals surface area contributed by atoms with E-state index in [9.17, 15) is 4.79 Å². The molecule has 0 unspecified atom stereocenters. The summed E-state index contributed by atoms with van der Waals surface area (Å²) in [4.78, 5) is 12.8. The van der Waals surface area contributed by atoms with E-state index in [1.165, 1.54) is 0 Å². The van der Waals surface area contributed by atoms with Gasteiger partial charge in [0.25, 0.3) is 0 Å². The molecule has 120 valence electrons. The number of aryl methyl sites for hydroxylation is 1. The number of nitrogens with two attached hydrogens (primary N) is 1. The minimum Gasteiger partial charge on any atom is -0.454 e. The topological polar surface area (TPSA) is 90.9 Å². The molecule has 0 saturated carbocycles. The van der Waals surface area contributed by atoms with Crippen molar-refractivity contribution in [2.24, 2.45) is 10.8 Å². The molecule has 2 aromatic rings. The van der Waals surface area contributed by atoms with Crippen molar-refractivity contribution >= 4 is 33.9 Å². The highest BCUT2D eigenvalue weighted by atomic mass is 32.1. The van der Waals surface area contributed by atoms with Crippen LogP contribution in [-0.2, 0) is 6.54 Å². The number of pyridine rings is 1. The Morgan fingerprint density at radius 2 is 2.13 bits per heavy atom. The molecular formula is C15H16N4O3S. The summed E-state index contributed by atoms with van der Waals surface area (Å²) >= 11 is 4.72. The van der Waals surface area contributed by atoms with Gasteiger partial charge in [0.15, 0.2) is 22.0 Å². The number of ether oxygens (including phenoxy) is 2. The quantitative estimate of drug-likeness (QED) is 0.500. The molecule has 1 aromatic carbocycles. The van der Waals surface area contributed by atoms with E-state index in [1.807, 2.05) is 17.6 Å². The van der Waals surface area contributed by atoms with Gasteiger partial charge in [-0.25, -0.2) is 0 Å². The summed E-state index contributed by atoms with van der Waals surface area (Å²) < 4.78 is 12.7. The number of benzene rings is 1. The molecule has 0 atom stereocenters. The Hall–Kier alpha value is -2.61. The van der Waals surface area contributed by atoms with Crippen LogP contribution < -0.4 is 26.1 Å². The Balaban J connectivity index is 2.23. The lowest BCUT2D eigenvalue weighted by Crippen LogP contribution is -2.26. The van der Waals surface area contributed by atoms with Crippen molar-refractivity contribution in [3.05, 3.63) is 34.1 Å². The maximum atomic E-state index is 12.8. The molecule has 0 spiro atoms. The van der Waals surface area contributed by atoms with Gasteiger partial charge in [0.05, 0.1) is 22.2 Å². The molecule has 0 amide bonds. The molecule has 0 aliphatic carbocycles. The van der Waals surface area contributed by atoms with E-state index in [4.69, 9.17) is 27.4 Å². The summed E-state index contributed by atoms with van der Waals surface area (Å²) in [5, 5.41) is 4.64. The van der Waals surface area contributed by atoms with Crippen LogP contribution >= 0.6 is 12.2 Å². The first kappa shape index (κ1) is 15.3. The first-order valence-corrected chi connectivity index (χ1v) is 7.49. The first-order valence-electron chi connectivity index (χ1n) is 7.08. The van der Waals surface area contributed by atoms with E-state index < -0.39 is 0 Å². The zero-order valence-corrected chi connectivity index (χ0v) is 13.6. The van der Waals surface area contributed by atoms with Crippen LogP contribution in [0, 0.1) is 0 Å². The van der Waals surface area contributed by atoms with Gasteiger partial charge in [0.2, 0.25) is 6.79 Å². The average Bonchev–Trinajstić information content (AvgIpc) is 2.99. The standard InChI is InChI=1S/C15H16N4O3S/c1-3-19-6-10(8(2)17-18-15(16)23)14(20)9-4-12-13(5-11(9)19)22-7-21-12/h4-6H,3,7H2,1-2H3,(H3,16,18,23)/b17-8-. The summed E-state index contributed by atoms with van der Waals surface area (Å²) in [6, 6.07) is 3.54. The smallest absolute Gasteiger partial charge is 0.231 e. The normalized spacial score (nSPS) is 13.4. The number of rotatable bonds is 3. The molecule has 3 rings (SSSR count).